The zero-order chi connectivity index (χ0) is 21.0. The largest absolute Gasteiger partial charge is 0.493 e. The third kappa shape index (κ3) is 4.64. The van der Waals surface area contributed by atoms with Gasteiger partial charge in [0.15, 0.2) is 11.5 Å². The highest BCUT2D eigenvalue weighted by molar-refractivity contribution is 6.09. The predicted molar refractivity (Wildman–Crippen MR) is 104 cm³/mol. The summed E-state index contributed by atoms with van der Waals surface area (Å²) >= 11 is 0. The Balaban J connectivity index is 1.98. The second-order valence-electron chi connectivity index (χ2n) is 6.72. The normalized spacial score (nSPS) is 13.7. The summed E-state index contributed by atoms with van der Waals surface area (Å²) in [5.41, 5.74) is 0.191. The van der Waals surface area contributed by atoms with Gasteiger partial charge in [0.2, 0.25) is 0 Å². The van der Waals surface area contributed by atoms with E-state index in [0.717, 1.165) is 31.4 Å². The molecule has 0 atom stereocenters. The molecular formula is C21H22F2N2O4. The van der Waals surface area contributed by atoms with Gasteiger partial charge in [-0.1, -0.05) is 0 Å². The lowest BCUT2D eigenvalue weighted by molar-refractivity contribution is 0.0725. The van der Waals surface area contributed by atoms with Crippen molar-refractivity contribution in [2.24, 2.45) is 0 Å². The average Bonchev–Trinajstić information content (AvgIpc) is 2.72. The van der Waals surface area contributed by atoms with E-state index in [-0.39, 0.29) is 22.7 Å². The van der Waals surface area contributed by atoms with Crippen LogP contribution in [0.1, 0.15) is 40.0 Å². The Labute approximate surface area is 167 Å². The monoisotopic (exact) mass is 404 g/mol. The number of ether oxygens (including phenoxy) is 2. The first-order chi connectivity index (χ1) is 13.9. The van der Waals surface area contributed by atoms with E-state index < -0.39 is 17.5 Å². The number of methoxy groups -OCH3 is 2. The molecule has 0 saturated carbocycles. The summed E-state index contributed by atoms with van der Waals surface area (Å²) in [5, 5.41) is 2.57. The molecule has 1 N–H and O–H groups in total. The smallest absolute Gasteiger partial charge is 0.256 e. The number of benzene rings is 2. The number of carbonyl (C=O) groups is 2. The van der Waals surface area contributed by atoms with Crippen molar-refractivity contribution >= 4 is 17.5 Å². The predicted octanol–water partition coefficient (Wildman–Crippen LogP) is 3.86. The first-order valence-electron chi connectivity index (χ1n) is 9.25. The van der Waals surface area contributed by atoms with Gasteiger partial charge in [-0.2, -0.15) is 0 Å². The number of nitrogens with one attached hydrogen (secondary N) is 1. The summed E-state index contributed by atoms with van der Waals surface area (Å²) in [7, 11) is 2.87. The van der Waals surface area contributed by atoms with Crippen molar-refractivity contribution in [2.45, 2.75) is 19.3 Å². The molecule has 2 aromatic carbocycles. The topological polar surface area (TPSA) is 67.9 Å². The maximum atomic E-state index is 13.5. The van der Waals surface area contributed by atoms with Crippen LogP contribution in [0, 0.1) is 11.6 Å². The highest BCUT2D eigenvalue weighted by Crippen LogP contribution is 2.34. The quantitative estimate of drug-likeness (QED) is 0.822. The molecule has 1 heterocycles. The van der Waals surface area contributed by atoms with E-state index in [4.69, 9.17) is 9.47 Å². The van der Waals surface area contributed by atoms with Crippen LogP contribution in [0.15, 0.2) is 30.3 Å². The number of halogens is 2. The maximum Gasteiger partial charge on any atom is 0.256 e. The SMILES string of the molecule is COc1cc(NC(=O)c2cc(F)cc(F)c2)c(C(=O)N2CCCCC2)cc1OC. The molecule has 0 unspecified atom stereocenters. The third-order valence-electron chi connectivity index (χ3n) is 4.77. The van der Waals surface area contributed by atoms with Crippen LogP contribution < -0.4 is 14.8 Å². The molecule has 29 heavy (non-hydrogen) atoms. The highest BCUT2D eigenvalue weighted by atomic mass is 19.1. The zero-order valence-corrected chi connectivity index (χ0v) is 16.3. The number of anilines is 1. The van der Waals surface area contributed by atoms with Crippen molar-refractivity contribution in [1.29, 1.82) is 0 Å². The maximum absolute atomic E-state index is 13.5. The molecule has 0 aromatic heterocycles. The van der Waals surface area contributed by atoms with Crippen molar-refractivity contribution in [3.05, 3.63) is 53.1 Å². The molecule has 1 aliphatic heterocycles. The van der Waals surface area contributed by atoms with Gasteiger partial charge in [0.1, 0.15) is 11.6 Å². The molecule has 6 nitrogen and oxygen atoms in total. The molecule has 0 aliphatic carbocycles. The van der Waals surface area contributed by atoms with Crippen LogP contribution in [0.4, 0.5) is 14.5 Å². The minimum atomic E-state index is -0.868. The Morgan fingerprint density at radius 3 is 2.07 bits per heavy atom. The Morgan fingerprint density at radius 1 is 0.897 bits per heavy atom. The number of amides is 2. The molecular weight excluding hydrogens is 382 g/mol. The van der Waals surface area contributed by atoms with Gasteiger partial charge in [0.05, 0.1) is 25.5 Å². The van der Waals surface area contributed by atoms with E-state index in [2.05, 4.69) is 5.32 Å². The molecule has 2 aromatic rings. The van der Waals surface area contributed by atoms with Crippen molar-refractivity contribution in [3.63, 3.8) is 0 Å². The molecule has 0 bridgehead atoms. The van der Waals surface area contributed by atoms with Gasteiger partial charge in [0, 0.05) is 30.8 Å². The first kappa shape index (κ1) is 20.6. The van der Waals surface area contributed by atoms with Gasteiger partial charge in [0.25, 0.3) is 11.8 Å². The summed E-state index contributed by atoms with van der Waals surface area (Å²) in [5.74, 6) is -2.10. The lowest BCUT2D eigenvalue weighted by Crippen LogP contribution is -2.36. The number of piperidine rings is 1. The second kappa shape index (κ2) is 8.89. The standard InChI is InChI=1S/C21H22F2N2O4/c1-28-18-11-16(21(27)25-6-4-3-5-7-25)17(12-19(18)29-2)24-20(26)13-8-14(22)10-15(23)9-13/h8-12H,3-7H2,1-2H3,(H,24,26). The molecule has 8 heteroatoms. The summed E-state index contributed by atoms with van der Waals surface area (Å²) in [6.45, 7) is 1.24. The van der Waals surface area contributed by atoms with Crippen molar-refractivity contribution in [3.8, 4) is 11.5 Å². The fourth-order valence-electron chi connectivity index (χ4n) is 3.31. The zero-order valence-electron chi connectivity index (χ0n) is 16.3. The van der Waals surface area contributed by atoms with Gasteiger partial charge >= 0.3 is 0 Å². The molecule has 154 valence electrons. The Hall–Kier alpha value is -3.16. The van der Waals surface area contributed by atoms with Crippen molar-refractivity contribution < 1.29 is 27.8 Å². The third-order valence-corrected chi connectivity index (χ3v) is 4.77. The lowest BCUT2D eigenvalue weighted by Gasteiger charge is -2.28. The minimum Gasteiger partial charge on any atom is -0.493 e. The van der Waals surface area contributed by atoms with Gasteiger partial charge in [-0.25, -0.2) is 8.78 Å². The molecule has 0 radical (unpaired) electrons. The van der Waals surface area contributed by atoms with Gasteiger partial charge in [-0.15, -0.1) is 0 Å². The molecule has 3 rings (SSSR count). The lowest BCUT2D eigenvalue weighted by atomic mass is 10.1. The molecule has 1 fully saturated rings. The van der Waals surface area contributed by atoms with Crippen LogP contribution in [0.3, 0.4) is 0 Å². The van der Waals surface area contributed by atoms with Crippen LogP contribution >= 0.6 is 0 Å². The number of carbonyl (C=O) groups excluding carboxylic acids is 2. The van der Waals surface area contributed by atoms with Crippen LogP contribution in [-0.4, -0.2) is 44.0 Å². The number of hydrogen-bond donors (Lipinski definition) is 1. The van der Waals surface area contributed by atoms with Crippen LogP contribution in [0.2, 0.25) is 0 Å². The summed E-state index contributed by atoms with van der Waals surface area (Å²) in [6.07, 6.45) is 2.87. The van der Waals surface area contributed by atoms with Gasteiger partial charge in [-0.3, -0.25) is 9.59 Å². The minimum absolute atomic E-state index is 0.174. The van der Waals surface area contributed by atoms with Crippen LogP contribution in [-0.2, 0) is 0 Å². The van der Waals surface area contributed by atoms with E-state index >= 15 is 0 Å². The van der Waals surface area contributed by atoms with E-state index in [1.165, 1.54) is 26.4 Å². The van der Waals surface area contributed by atoms with Crippen molar-refractivity contribution in [1.82, 2.24) is 4.90 Å². The van der Waals surface area contributed by atoms with Gasteiger partial charge in [-0.05, 0) is 37.5 Å². The molecule has 1 aliphatic rings. The second-order valence-corrected chi connectivity index (χ2v) is 6.72. The summed E-state index contributed by atoms with van der Waals surface area (Å²) in [4.78, 5) is 27.4. The number of likely N-dealkylation sites (tertiary alicyclic amines) is 1. The van der Waals surface area contributed by atoms with E-state index in [1.807, 2.05) is 0 Å². The highest BCUT2D eigenvalue weighted by Gasteiger charge is 2.24. The number of nitrogens with zero attached hydrogens (tertiary/aromatic N) is 1. The van der Waals surface area contributed by atoms with E-state index in [1.54, 1.807) is 4.90 Å². The molecule has 0 spiro atoms. The number of rotatable bonds is 5. The van der Waals surface area contributed by atoms with Crippen molar-refractivity contribution in [2.75, 3.05) is 32.6 Å². The van der Waals surface area contributed by atoms with Crippen LogP contribution in [0.25, 0.3) is 0 Å². The Kier molecular flexibility index (Phi) is 6.31. The molecule has 2 amide bonds. The molecule has 1 saturated heterocycles. The fraction of sp³-hybridized carbons (Fsp3) is 0.333. The number of hydrogen-bond acceptors (Lipinski definition) is 4. The Bertz CT molecular complexity index is 907. The van der Waals surface area contributed by atoms with E-state index in [0.29, 0.717) is 30.7 Å². The fourth-order valence-corrected chi connectivity index (χ4v) is 3.31. The summed E-state index contributed by atoms with van der Waals surface area (Å²) in [6, 6.07) is 5.48. The Morgan fingerprint density at radius 2 is 1.48 bits per heavy atom. The average molecular weight is 404 g/mol. The van der Waals surface area contributed by atoms with Crippen LogP contribution in [0.5, 0.6) is 11.5 Å². The summed E-state index contributed by atoms with van der Waals surface area (Å²) < 4.78 is 37.5. The first-order valence-corrected chi connectivity index (χ1v) is 9.25. The van der Waals surface area contributed by atoms with E-state index in [9.17, 15) is 18.4 Å². The van der Waals surface area contributed by atoms with Gasteiger partial charge < -0.3 is 19.7 Å².